The molecule has 2 saturated heterocycles. The number of nitrogens with one attached hydrogen (secondary N) is 1. The number of hydrogen-bond acceptors (Lipinski definition) is 4. The number of aryl methyl sites for hydroxylation is 1. The maximum atomic E-state index is 12.7. The maximum Gasteiger partial charge on any atom is 0.290 e. The molecule has 3 atom stereocenters. The highest BCUT2D eigenvalue weighted by atomic mass is 16.3. The topological polar surface area (TPSA) is 107 Å². The van der Waals surface area contributed by atoms with Crippen molar-refractivity contribution in [1.82, 2.24) is 19.8 Å². The highest BCUT2D eigenvalue weighted by Gasteiger charge is 2.49. The number of rotatable bonds is 2. The number of carboxylic acid groups (broad SMARTS) is 1. The Hall–Kier alpha value is -3.16. The normalized spacial score (nSPS) is 23.0. The minimum Gasteiger partial charge on any atom is -0.483 e. The molecule has 1 aromatic carbocycles. The quantitative estimate of drug-likeness (QED) is 0.767. The van der Waals surface area contributed by atoms with E-state index in [9.17, 15) is 9.59 Å². The molecule has 0 saturated carbocycles. The zero-order chi connectivity index (χ0) is 20.3. The van der Waals surface area contributed by atoms with Crippen LogP contribution < -0.4 is 0 Å². The summed E-state index contributed by atoms with van der Waals surface area (Å²) < 4.78 is 0. The molecule has 3 heterocycles. The molecule has 2 amide bonds. The van der Waals surface area contributed by atoms with Crippen LogP contribution in [0.4, 0.5) is 0 Å². The fourth-order valence-electron chi connectivity index (χ4n) is 4.31. The van der Waals surface area contributed by atoms with Gasteiger partial charge in [0.05, 0.1) is 12.2 Å². The van der Waals surface area contributed by atoms with Crippen molar-refractivity contribution < 1.29 is 19.5 Å². The highest BCUT2D eigenvalue weighted by Crippen LogP contribution is 2.45. The van der Waals surface area contributed by atoms with E-state index in [1.54, 1.807) is 13.1 Å². The summed E-state index contributed by atoms with van der Waals surface area (Å²) in [6.07, 6.45) is 1.60. The number of hydrogen-bond donors (Lipinski definition) is 2. The number of benzene rings is 1. The van der Waals surface area contributed by atoms with Crippen molar-refractivity contribution in [2.45, 2.75) is 19.9 Å². The Bertz CT molecular complexity index is 851. The largest absolute Gasteiger partial charge is 0.483 e. The summed E-state index contributed by atoms with van der Waals surface area (Å²) in [5, 5.41) is 6.89. The fraction of sp³-hybridized carbons (Fsp3) is 0.400. The van der Waals surface area contributed by atoms with Crippen LogP contribution in [-0.2, 0) is 9.59 Å². The summed E-state index contributed by atoms with van der Waals surface area (Å²) in [4.78, 5) is 44.2. The van der Waals surface area contributed by atoms with Gasteiger partial charge >= 0.3 is 0 Å². The van der Waals surface area contributed by atoms with Crippen LogP contribution in [0, 0.1) is 18.8 Å². The third-order valence-electron chi connectivity index (χ3n) is 5.43. The van der Waals surface area contributed by atoms with Crippen LogP contribution in [-0.4, -0.2) is 62.8 Å². The van der Waals surface area contributed by atoms with Gasteiger partial charge in [0, 0.05) is 38.4 Å². The molecule has 0 unspecified atom stereocenters. The fourth-order valence-corrected chi connectivity index (χ4v) is 4.31. The highest BCUT2D eigenvalue weighted by molar-refractivity contribution is 5.92. The summed E-state index contributed by atoms with van der Waals surface area (Å²) in [5.74, 6) is 1.44. The molecule has 2 N–H and O–H groups in total. The zero-order valence-electron chi connectivity index (χ0n) is 15.9. The smallest absolute Gasteiger partial charge is 0.290 e. The first kappa shape index (κ1) is 19.6. The third kappa shape index (κ3) is 3.76. The van der Waals surface area contributed by atoms with E-state index < -0.39 is 0 Å². The van der Waals surface area contributed by atoms with Crippen molar-refractivity contribution >= 4 is 18.3 Å². The van der Waals surface area contributed by atoms with Gasteiger partial charge in [-0.3, -0.25) is 14.4 Å². The standard InChI is InChI=1S/C19H22N4O2.CH2O2/c1-12-20-8-17(21-12)19(25)22-9-15-10-23(13(2)24)18(16(15)11-22)14-6-4-3-5-7-14;2-1-3/h3-8,15-16,18H,9-11H2,1-2H3,(H,20,21);1H,(H,2,3)/t15-,16-,18+;/m1./s1. The number of carbonyl (C=O) groups is 3. The van der Waals surface area contributed by atoms with Crippen molar-refractivity contribution in [2.75, 3.05) is 19.6 Å². The van der Waals surface area contributed by atoms with Crippen LogP contribution in [0.3, 0.4) is 0 Å². The van der Waals surface area contributed by atoms with Crippen LogP contribution in [0.1, 0.15) is 34.8 Å². The predicted molar refractivity (Wildman–Crippen MR) is 101 cm³/mol. The van der Waals surface area contributed by atoms with Crippen LogP contribution in [0.5, 0.6) is 0 Å². The van der Waals surface area contributed by atoms with Crippen molar-refractivity contribution in [3.8, 4) is 0 Å². The maximum absolute atomic E-state index is 12.7. The molecule has 2 aliphatic heterocycles. The minimum atomic E-state index is -0.250. The summed E-state index contributed by atoms with van der Waals surface area (Å²) in [5.41, 5.74) is 1.69. The number of fused-ring (bicyclic) bond motifs is 1. The molecule has 2 aromatic rings. The Morgan fingerprint density at radius 1 is 1.21 bits per heavy atom. The lowest BCUT2D eigenvalue weighted by Crippen LogP contribution is -2.36. The minimum absolute atomic E-state index is 0.00353. The van der Waals surface area contributed by atoms with Gasteiger partial charge in [-0.05, 0) is 12.5 Å². The molecule has 2 fully saturated rings. The first-order valence-electron chi connectivity index (χ1n) is 9.17. The van der Waals surface area contributed by atoms with Crippen molar-refractivity contribution in [2.24, 2.45) is 11.8 Å². The Balaban J connectivity index is 0.000000706. The second-order valence-electron chi connectivity index (χ2n) is 7.15. The lowest BCUT2D eigenvalue weighted by molar-refractivity contribution is -0.130. The molecule has 8 nitrogen and oxygen atoms in total. The van der Waals surface area contributed by atoms with Gasteiger partial charge in [0.1, 0.15) is 11.5 Å². The van der Waals surface area contributed by atoms with Crippen LogP contribution in [0.25, 0.3) is 0 Å². The average Bonchev–Trinajstić information content (AvgIpc) is 3.36. The molecule has 8 heteroatoms. The Morgan fingerprint density at radius 2 is 1.89 bits per heavy atom. The molecular formula is C20H24N4O4. The summed E-state index contributed by atoms with van der Waals surface area (Å²) in [6, 6.07) is 10.2. The lowest BCUT2D eigenvalue weighted by Gasteiger charge is -2.29. The van der Waals surface area contributed by atoms with Gasteiger partial charge < -0.3 is 19.9 Å². The van der Waals surface area contributed by atoms with Crippen molar-refractivity contribution in [3.63, 3.8) is 0 Å². The van der Waals surface area contributed by atoms with Gasteiger partial charge in [-0.1, -0.05) is 30.3 Å². The van der Waals surface area contributed by atoms with Gasteiger partial charge in [-0.2, -0.15) is 0 Å². The van der Waals surface area contributed by atoms with Crippen LogP contribution >= 0.6 is 0 Å². The Kier molecular flexibility index (Phi) is 5.77. The SMILES string of the molecule is CC(=O)N1C[C@H]2CN(C(=O)c3cnc(C)[nH]3)C[C@H]2[C@@H]1c1ccccc1.O=CO. The second kappa shape index (κ2) is 8.24. The summed E-state index contributed by atoms with van der Waals surface area (Å²) in [7, 11) is 0. The molecular weight excluding hydrogens is 360 g/mol. The number of nitrogens with zero attached hydrogens (tertiary/aromatic N) is 3. The van der Waals surface area contributed by atoms with E-state index in [0.717, 1.165) is 11.4 Å². The number of likely N-dealkylation sites (tertiary alicyclic amines) is 2. The number of imidazole rings is 1. The molecule has 1 aromatic heterocycles. The predicted octanol–water partition coefficient (Wildman–Crippen LogP) is 1.71. The van der Waals surface area contributed by atoms with E-state index in [1.165, 1.54) is 0 Å². The summed E-state index contributed by atoms with van der Waals surface area (Å²) in [6.45, 7) is 5.30. The molecule has 148 valence electrons. The van der Waals surface area contributed by atoms with E-state index in [-0.39, 0.29) is 30.2 Å². The van der Waals surface area contributed by atoms with E-state index in [4.69, 9.17) is 9.90 Å². The molecule has 4 rings (SSSR count). The molecule has 0 aliphatic carbocycles. The van der Waals surface area contributed by atoms with Gasteiger partial charge in [0.2, 0.25) is 5.91 Å². The molecule has 2 aliphatic rings. The van der Waals surface area contributed by atoms with Crippen molar-refractivity contribution in [1.29, 1.82) is 0 Å². The van der Waals surface area contributed by atoms with Gasteiger partial charge in [0.15, 0.2) is 0 Å². The molecule has 28 heavy (non-hydrogen) atoms. The number of carbonyl (C=O) groups excluding carboxylic acids is 2. The van der Waals surface area contributed by atoms with E-state index in [1.807, 2.05) is 34.9 Å². The van der Waals surface area contributed by atoms with Crippen LogP contribution in [0.15, 0.2) is 36.5 Å². The zero-order valence-corrected chi connectivity index (χ0v) is 15.9. The van der Waals surface area contributed by atoms with E-state index in [2.05, 4.69) is 22.1 Å². The molecule has 0 spiro atoms. The third-order valence-corrected chi connectivity index (χ3v) is 5.43. The lowest BCUT2D eigenvalue weighted by atomic mass is 9.89. The first-order valence-corrected chi connectivity index (χ1v) is 9.17. The van der Waals surface area contributed by atoms with Crippen LogP contribution in [0.2, 0.25) is 0 Å². The first-order chi connectivity index (χ1) is 13.5. The second-order valence-corrected chi connectivity index (χ2v) is 7.15. The number of H-pyrrole nitrogens is 1. The van der Waals surface area contributed by atoms with Gasteiger partial charge in [-0.15, -0.1) is 0 Å². The molecule has 0 radical (unpaired) electrons. The van der Waals surface area contributed by atoms with Gasteiger partial charge in [-0.25, -0.2) is 4.98 Å². The monoisotopic (exact) mass is 384 g/mol. The average molecular weight is 384 g/mol. The van der Waals surface area contributed by atoms with E-state index >= 15 is 0 Å². The summed E-state index contributed by atoms with van der Waals surface area (Å²) >= 11 is 0. The Morgan fingerprint density at radius 3 is 2.46 bits per heavy atom. The van der Waals surface area contributed by atoms with Gasteiger partial charge in [0.25, 0.3) is 12.4 Å². The number of amides is 2. The van der Waals surface area contributed by atoms with E-state index in [0.29, 0.717) is 31.2 Å². The van der Waals surface area contributed by atoms with Crippen molar-refractivity contribution in [3.05, 3.63) is 53.6 Å². The Labute approximate surface area is 163 Å². The number of aromatic amines is 1. The molecule has 0 bridgehead atoms. The number of aromatic nitrogens is 2.